The van der Waals surface area contributed by atoms with Gasteiger partial charge in [-0.1, -0.05) is 18.2 Å². The van der Waals surface area contributed by atoms with Crippen molar-refractivity contribution in [2.75, 3.05) is 13.1 Å². The lowest BCUT2D eigenvalue weighted by Gasteiger charge is -2.26. The number of thiophene rings is 1. The average molecular weight is 472 g/mol. The first-order valence-corrected chi connectivity index (χ1v) is 11.9. The summed E-state index contributed by atoms with van der Waals surface area (Å²) in [5, 5.41) is 1.86. The molecule has 2 aliphatic rings. The number of piperidine rings is 1. The van der Waals surface area contributed by atoms with E-state index in [1.807, 2.05) is 6.07 Å². The molecule has 1 amide bonds. The molecule has 0 atom stereocenters. The minimum Gasteiger partial charge on any atom is -0.421 e. The van der Waals surface area contributed by atoms with Gasteiger partial charge in [0.1, 0.15) is 5.56 Å². The van der Waals surface area contributed by atoms with Gasteiger partial charge in [0.2, 0.25) is 0 Å². The molecule has 0 bridgehead atoms. The van der Waals surface area contributed by atoms with E-state index in [0.29, 0.717) is 18.7 Å². The van der Waals surface area contributed by atoms with E-state index in [1.54, 1.807) is 22.3 Å². The van der Waals surface area contributed by atoms with Crippen LogP contribution in [0.15, 0.2) is 38.0 Å². The van der Waals surface area contributed by atoms with Crippen LogP contribution >= 0.6 is 27.3 Å². The van der Waals surface area contributed by atoms with Crippen molar-refractivity contribution >= 4 is 59.8 Å². The average Bonchev–Trinajstić information content (AvgIpc) is 3.11. The predicted molar refractivity (Wildman–Crippen MR) is 122 cm³/mol. The Bertz CT molecular complexity index is 1200. The van der Waals surface area contributed by atoms with Crippen molar-refractivity contribution in [2.45, 2.75) is 44.9 Å². The molecule has 3 heterocycles. The van der Waals surface area contributed by atoms with Crippen molar-refractivity contribution in [1.82, 2.24) is 4.90 Å². The molecule has 1 fully saturated rings. The third kappa shape index (κ3) is 3.36. The highest BCUT2D eigenvalue weighted by atomic mass is 79.9. The second-order valence-corrected chi connectivity index (χ2v) is 9.69. The summed E-state index contributed by atoms with van der Waals surface area (Å²) in [5.41, 5.74) is 1.56. The Morgan fingerprint density at radius 2 is 1.93 bits per heavy atom. The summed E-state index contributed by atoms with van der Waals surface area (Å²) in [5.74, 6) is -0.208. The lowest BCUT2D eigenvalue weighted by Crippen LogP contribution is -2.37. The normalized spacial score (nSPS) is 17.7. The molecule has 150 valence electrons. The number of carbonyl (C=O) groups is 1. The number of likely N-dealkylation sites (tertiary alicyclic amines) is 1. The van der Waals surface area contributed by atoms with Crippen molar-refractivity contribution < 1.29 is 9.21 Å². The number of nitrogens with zero attached hydrogens (tertiary/aromatic N) is 1. The Morgan fingerprint density at radius 3 is 2.69 bits per heavy atom. The highest BCUT2D eigenvalue weighted by Crippen LogP contribution is 2.44. The number of fused-ring (bicyclic) bond motifs is 3. The fourth-order valence-electron chi connectivity index (χ4n) is 4.37. The molecule has 0 radical (unpaired) electrons. The zero-order valence-electron chi connectivity index (χ0n) is 16.1. The first-order chi connectivity index (χ1) is 14.1. The summed E-state index contributed by atoms with van der Waals surface area (Å²) in [6.07, 6.45) is 10.1. The molecular formula is C23H22BrNO3S. The third-order valence-corrected chi connectivity index (χ3v) is 8.32. The summed E-state index contributed by atoms with van der Waals surface area (Å²) >= 11 is 5.44. The second-order valence-electron chi connectivity index (χ2n) is 7.88. The Hall–Kier alpha value is -1.92. The molecule has 0 spiro atoms. The van der Waals surface area contributed by atoms with Crippen molar-refractivity contribution in [3.63, 3.8) is 0 Å². The molecule has 0 saturated carbocycles. The van der Waals surface area contributed by atoms with Gasteiger partial charge in [0, 0.05) is 33.2 Å². The van der Waals surface area contributed by atoms with Crippen LogP contribution in [-0.4, -0.2) is 23.9 Å². The zero-order chi connectivity index (χ0) is 20.0. The number of carbonyl (C=O) groups excluding carboxylic acids is 1. The first kappa shape index (κ1) is 19.1. The number of benzene rings is 1. The van der Waals surface area contributed by atoms with Crippen LogP contribution in [-0.2, 0) is 0 Å². The predicted octanol–water partition coefficient (Wildman–Crippen LogP) is 6.35. The summed E-state index contributed by atoms with van der Waals surface area (Å²) in [6, 6.07) is 5.72. The van der Waals surface area contributed by atoms with Crippen LogP contribution in [0.3, 0.4) is 0 Å². The molecule has 29 heavy (non-hydrogen) atoms. The fourth-order valence-corrected chi connectivity index (χ4v) is 6.58. The van der Waals surface area contributed by atoms with Crippen molar-refractivity contribution in [2.24, 2.45) is 0 Å². The number of amides is 1. The van der Waals surface area contributed by atoms with E-state index < -0.39 is 5.63 Å². The van der Waals surface area contributed by atoms with Crippen LogP contribution in [0.25, 0.3) is 26.6 Å². The molecule has 1 aliphatic carbocycles. The maximum Gasteiger partial charge on any atom is 0.349 e. The van der Waals surface area contributed by atoms with E-state index in [-0.39, 0.29) is 11.5 Å². The SMILES string of the molecule is O=C(c1cc2ccc3c(Br)c(C4=CCCCC4)sc3c2oc1=O)N1CCCCC1. The standard InChI is InChI=1S/C23H22BrNO3S/c24-18-16-10-9-15-13-17(22(26)25-11-5-2-6-12-25)23(27)28-19(15)21(16)29-20(18)14-7-3-1-4-8-14/h7,9-10,13H,1-6,8,11-12H2. The van der Waals surface area contributed by atoms with Gasteiger partial charge in [-0.15, -0.1) is 11.3 Å². The molecule has 4 nitrogen and oxygen atoms in total. The number of hydrogen-bond acceptors (Lipinski definition) is 4. The molecule has 3 aromatic rings. The second kappa shape index (κ2) is 7.73. The molecule has 1 aromatic carbocycles. The van der Waals surface area contributed by atoms with Gasteiger partial charge in [-0.2, -0.15) is 0 Å². The van der Waals surface area contributed by atoms with Crippen LogP contribution in [0.1, 0.15) is 60.2 Å². The van der Waals surface area contributed by atoms with Crippen molar-refractivity contribution in [3.8, 4) is 0 Å². The Balaban J connectivity index is 1.62. The van der Waals surface area contributed by atoms with E-state index in [1.165, 1.54) is 23.3 Å². The Morgan fingerprint density at radius 1 is 1.10 bits per heavy atom. The van der Waals surface area contributed by atoms with Crippen LogP contribution in [0, 0.1) is 0 Å². The highest BCUT2D eigenvalue weighted by Gasteiger charge is 2.24. The van der Waals surface area contributed by atoms with E-state index >= 15 is 0 Å². The maximum absolute atomic E-state index is 12.8. The summed E-state index contributed by atoms with van der Waals surface area (Å²) in [7, 11) is 0. The summed E-state index contributed by atoms with van der Waals surface area (Å²) in [6.45, 7) is 1.43. The van der Waals surface area contributed by atoms with E-state index in [4.69, 9.17) is 4.42 Å². The molecule has 0 N–H and O–H groups in total. The molecule has 1 aliphatic heterocycles. The van der Waals surface area contributed by atoms with Crippen LogP contribution in [0.5, 0.6) is 0 Å². The largest absolute Gasteiger partial charge is 0.421 e. The molecule has 5 rings (SSSR count). The van der Waals surface area contributed by atoms with Crippen LogP contribution in [0.2, 0.25) is 0 Å². The van der Waals surface area contributed by atoms with Crippen molar-refractivity contribution in [1.29, 1.82) is 0 Å². The topological polar surface area (TPSA) is 50.5 Å². The van der Waals surface area contributed by atoms with Gasteiger partial charge in [-0.25, -0.2) is 4.79 Å². The molecular weight excluding hydrogens is 450 g/mol. The van der Waals surface area contributed by atoms with E-state index in [0.717, 1.165) is 52.0 Å². The third-order valence-electron chi connectivity index (χ3n) is 5.95. The van der Waals surface area contributed by atoms with Crippen LogP contribution < -0.4 is 5.63 Å². The minimum atomic E-state index is -0.538. The molecule has 0 unspecified atom stereocenters. The van der Waals surface area contributed by atoms with Gasteiger partial charge >= 0.3 is 5.63 Å². The molecule has 1 saturated heterocycles. The first-order valence-electron chi connectivity index (χ1n) is 10.3. The van der Waals surface area contributed by atoms with Gasteiger partial charge < -0.3 is 9.32 Å². The minimum absolute atomic E-state index is 0.143. The quantitative estimate of drug-likeness (QED) is 0.408. The smallest absolute Gasteiger partial charge is 0.349 e. The molecule has 2 aromatic heterocycles. The Labute approximate surface area is 181 Å². The monoisotopic (exact) mass is 471 g/mol. The maximum atomic E-state index is 12.8. The lowest BCUT2D eigenvalue weighted by molar-refractivity contribution is 0.0720. The van der Waals surface area contributed by atoms with Gasteiger partial charge in [-0.05, 0) is 72.5 Å². The van der Waals surface area contributed by atoms with Gasteiger partial charge in [0.05, 0.1) is 4.70 Å². The number of allylic oxidation sites excluding steroid dienone is 2. The van der Waals surface area contributed by atoms with Gasteiger partial charge in [0.25, 0.3) is 5.91 Å². The lowest BCUT2D eigenvalue weighted by atomic mass is 9.98. The highest BCUT2D eigenvalue weighted by molar-refractivity contribution is 9.10. The van der Waals surface area contributed by atoms with Crippen molar-refractivity contribution in [3.05, 3.63) is 49.6 Å². The number of rotatable bonds is 2. The van der Waals surface area contributed by atoms with Gasteiger partial charge in [-0.3, -0.25) is 4.79 Å². The Kier molecular flexibility index (Phi) is 5.08. The van der Waals surface area contributed by atoms with E-state index in [9.17, 15) is 9.59 Å². The van der Waals surface area contributed by atoms with E-state index in [2.05, 4.69) is 28.1 Å². The summed E-state index contributed by atoms with van der Waals surface area (Å²) < 4.78 is 7.78. The van der Waals surface area contributed by atoms with Crippen LogP contribution in [0.4, 0.5) is 0 Å². The fraction of sp³-hybridized carbons (Fsp3) is 0.391. The zero-order valence-corrected chi connectivity index (χ0v) is 18.5. The summed E-state index contributed by atoms with van der Waals surface area (Å²) in [4.78, 5) is 28.6. The van der Waals surface area contributed by atoms with Gasteiger partial charge in [0.15, 0.2) is 5.58 Å². The number of halogens is 1. The number of hydrogen-bond donors (Lipinski definition) is 0. The molecule has 6 heteroatoms.